The second-order valence-corrected chi connectivity index (χ2v) is 11.3. The van der Waals surface area contributed by atoms with E-state index < -0.39 is 15.3 Å². The molecule has 0 radical (unpaired) electrons. The van der Waals surface area contributed by atoms with Crippen LogP contribution in [-0.2, 0) is 26.1 Å². The molecule has 1 fully saturated rings. The first-order chi connectivity index (χ1) is 15.4. The monoisotopic (exact) mass is 494 g/mol. The lowest BCUT2D eigenvalue weighted by Crippen LogP contribution is -2.40. The molecule has 1 aliphatic heterocycles. The quantitative estimate of drug-likeness (QED) is 0.472. The van der Waals surface area contributed by atoms with Gasteiger partial charge in [0.05, 0.1) is 29.9 Å². The zero-order valence-electron chi connectivity index (χ0n) is 17.2. The lowest BCUT2D eigenvalue weighted by atomic mass is 10.3. The van der Waals surface area contributed by atoms with Crippen LogP contribution in [0.25, 0.3) is 0 Å². The molecule has 0 bridgehead atoms. The Morgan fingerprint density at radius 3 is 2.69 bits per heavy atom. The van der Waals surface area contributed by atoms with Gasteiger partial charge in [-0.15, -0.1) is 16.4 Å². The van der Waals surface area contributed by atoms with Gasteiger partial charge in [0.1, 0.15) is 0 Å². The van der Waals surface area contributed by atoms with Gasteiger partial charge in [0.15, 0.2) is 0 Å². The van der Waals surface area contributed by atoms with E-state index in [2.05, 4.69) is 20.8 Å². The molecule has 1 amide bonds. The molecule has 0 saturated carbocycles. The van der Waals surface area contributed by atoms with E-state index in [1.54, 1.807) is 35.1 Å². The zero-order chi connectivity index (χ0) is 22.6. The molecule has 13 heteroatoms. The summed E-state index contributed by atoms with van der Waals surface area (Å²) in [7, 11) is -3.57. The summed E-state index contributed by atoms with van der Waals surface area (Å²) in [5, 5.41) is 16.6. The standard InChI is InChI=1S/C19H22N6O4S3/c1-14(31-19-21-22-23-25(19)13-16-3-2-12-30-16)18(26)20-15-4-6-17(7-5-15)32(27,28)24-8-10-29-11-9-24/h2-7,12,14H,8-11,13H2,1H3,(H,20,26)/t14-/m1/s1. The Kier molecular flexibility index (Phi) is 7.20. The molecule has 1 saturated heterocycles. The van der Waals surface area contributed by atoms with Crippen molar-refractivity contribution in [3.05, 3.63) is 46.7 Å². The Morgan fingerprint density at radius 1 is 1.25 bits per heavy atom. The number of hydrogen-bond donors (Lipinski definition) is 1. The first-order valence-electron chi connectivity index (χ1n) is 9.87. The first kappa shape index (κ1) is 22.9. The fourth-order valence-corrected chi connectivity index (χ4v) is 5.91. The van der Waals surface area contributed by atoms with E-state index in [-0.39, 0.29) is 10.8 Å². The molecule has 1 atom stereocenters. The number of ether oxygens (including phenoxy) is 1. The normalized spacial score (nSPS) is 16.0. The molecule has 2 aromatic heterocycles. The Bertz CT molecular complexity index is 1140. The van der Waals surface area contributed by atoms with E-state index in [1.807, 2.05) is 17.5 Å². The van der Waals surface area contributed by atoms with Crippen LogP contribution in [0, 0.1) is 0 Å². The number of anilines is 1. The SMILES string of the molecule is C[C@@H](Sc1nnnn1Cc1cccs1)C(=O)Nc1ccc(S(=O)(=O)N2CCOCC2)cc1. The molecule has 1 aromatic carbocycles. The summed E-state index contributed by atoms with van der Waals surface area (Å²) in [5.74, 6) is -0.232. The van der Waals surface area contributed by atoms with Gasteiger partial charge in [-0.3, -0.25) is 4.79 Å². The number of morpholine rings is 1. The van der Waals surface area contributed by atoms with Crippen LogP contribution in [0.3, 0.4) is 0 Å². The highest BCUT2D eigenvalue weighted by molar-refractivity contribution is 8.00. The molecule has 0 spiro atoms. The minimum Gasteiger partial charge on any atom is -0.379 e. The third-order valence-corrected chi connectivity index (χ3v) is 8.61. The van der Waals surface area contributed by atoms with Gasteiger partial charge >= 0.3 is 0 Å². The second-order valence-electron chi connectivity index (χ2n) is 6.99. The van der Waals surface area contributed by atoms with E-state index in [9.17, 15) is 13.2 Å². The van der Waals surface area contributed by atoms with Crippen LogP contribution in [0.15, 0.2) is 51.8 Å². The van der Waals surface area contributed by atoms with Gasteiger partial charge in [-0.1, -0.05) is 17.8 Å². The zero-order valence-corrected chi connectivity index (χ0v) is 19.7. The third-order valence-electron chi connectivity index (χ3n) is 4.77. The van der Waals surface area contributed by atoms with Crippen molar-refractivity contribution in [2.24, 2.45) is 0 Å². The Morgan fingerprint density at radius 2 is 2.00 bits per heavy atom. The number of tetrazole rings is 1. The van der Waals surface area contributed by atoms with Crippen molar-refractivity contribution in [1.29, 1.82) is 0 Å². The summed E-state index contributed by atoms with van der Waals surface area (Å²) in [6.45, 7) is 3.75. The summed E-state index contributed by atoms with van der Waals surface area (Å²) in [6, 6.07) is 10.1. The number of carbonyl (C=O) groups is 1. The average molecular weight is 495 g/mol. The van der Waals surface area contributed by atoms with Gasteiger partial charge in [0.2, 0.25) is 21.1 Å². The van der Waals surface area contributed by atoms with Gasteiger partial charge in [0.25, 0.3) is 0 Å². The summed E-state index contributed by atoms with van der Waals surface area (Å²) >= 11 is 2.87. The van der Waals surface area contributed by atoms with E-state index in [0.29, 0.717) is 43.7 Å². The molecular weight excluding hydrogens is 472 g/mol. The molecule has 1 N–H and O–H groups in total. The van der Waals surface area contributed by atoms with Gasteiger partial charge in [0, 0.05) is 23.7 Å². The lowest BCUT2D eigenvalue weighted by molar-refractivity contribution is -0.115. The maximum atomic E-state index is 12.7. The summed E-state index contributed by atoms with van der Waals surface area (Å²) in [5.41, 5.74) is 0.515. The molecule has 10 nitrogen and oxygen atoms in total. The molecule has 32 heavy (non-hydrogen) atoms. The number of aromatic nitrogens is 4. The van der Waals surface area contributed by atoms with Crippen LogP contribution in [-0.4, -0.2) is 70.4 Å². The highest BCUT2D eigenvalue weighted by atomic mass is 32.2. The number of rotatable bonds is 8. The Hall–Kier alpha value is -2.32. The van der Waals surface area contributed by atoms with Crippen LogP contribution in [0.2, 0.25) is 0 Å². The Labute approximate surface area is 194 Å². The molecule has 170 valence electrons. The van der Waals surface area contributed by atoms with E-state index >= 15 is 0 Å². The van der Waals surface area contributed by atoms with Crippen molar-refractivity contribution in [3.63, 3.8) is 0 Å². The van der Waals surface area contributed by atoms with Crippen molar-refractivity contribution in [3.8, 4) is 0 Å². The number of hydrogen-bond acceptors (Lipinski definition) is 9. The molecule has 1 aliphatic rings. The van der Waals surface area contributed by atoms with E-state index in [1.165, 1.54) is 28.2 Å². The van der Waals surface area contributed by atoms with Gasteiger partial charge < -0.3 is 10.1 Å². The summed E-state index contributed by atoms with van der Waals surface area (Å²) in [6.07, 6.45) is 0. The maximum Gasteiger partial charge on any atom is 0.243 e. The smallest absolute Gasteiger partial charge is 0.243 e. The van der Waals surface area contributed by atoms with E-state index in [4.69, 9.17) is 4.74 Å². The Balaban J connectivity index is 1.36. The molecule has 0 unspecified atom stereocenters. The van der Waals surface area contributed by atoms with Gasteiger partial charge in [-0.25, -0.2) is 13.1 Å². The first-order valence-corrected chi connectivity index (χ1v) is 13.1. The second kappa shape index (κ2) is 10.1. The fraction of sp³-hybridized carbons (Fsp3) is 0.368. The molecule has 0 aliphatic carbocycles. The third kappa shape index (κ3) is 5.35. The van der Waals surface area contributed by atoms with Crippen LogP contribution < -0.4 is 5.32 Å². The highest BCUT2D eigenvalue weighted by Crippen LogP contribution is 2.24. The number of carbonyl (C=O) groups excluding carboxylic acids is 1. The van der Waals surface area contributed by atoms with Crippen molar-refractivity contribution in [2.75, 3.05) is 31.6 Å². The molecular formula is C19H22N6O4S3. The number of nitrogens with zero attached hydrogens (tertiary/aromatic N) is 5. The van der Waals surface area contributed by atoms with Crippen LogP contribution in [0.1, 0.15) is 11.8 Å². The van der Waals surface area contributed by atoms with Crippen molar-refractivity contribution in [1.82, 2.24) is 24.5 Å². The summed E-state index contributed by atoms with van der Waals surface area (Å²) < 4.78 is 33.7. The number of amides is 1. The van der Waals surface area contributed by atoms with Gasteiger partial charge in [-0.2, -0.15) is 4.31 Å². The van der Waals surface area contributed by atoms with Crippen molar-refractivity contribution < 1.29 is 17.9 Å². The van der Waals surface area contributed by atoms with Crippen molar-refractivity contribution in [2.45, 2.75) is 28.8 Å². The maximum absolute atomic E-state index is 12.7. The lowest BCUT2D eigenvalue weighted by Gasteiger charge is -2.26. The topological polar surface area (TPSA) is 119 Å². The number of sulfonamides is 1. The molecule has 3 heterocycles. The molecule has 3 aromatic rings. The van der Waals surface area contributed by atoms with Crippen LogP contribution >= 0.6 is 23.1 Å². The predicted octanol–water partition coefficient (Wildman–Crippen LogP) is 1.92. The largest absolute Gasteiger partial charge is 0.379 e. The minimum atomic E-state index is -3.57. The van der Waals surface area contributed by atoms with E-state index in [0.717, 1.165) is 4.88 Å². The highest BCUT2D eigenvalue weighted by Gasteiger charge is 2.26. The van der Waals surface area contributed by atoms with Crippen LogP contribution in [0.5, 0.6) is 0 Å². The van der Waals surface area contributed by atoms with Gasteiger partial charge in [-0.05, 0) is 53.1 Å². The fourth-order valence-electron chi connectivity index (χ4n) is 3.03. The average Bonchev–Trinajstić information content (AvgIpc) is 3.47. The minimum absolute atomic E-state index is 0.188. The van der Waals surface area contributed by atoms with Crippen LogP contribution in [0.4, 0.5) is 5.69 Å². The molecule has 4 rings (SSSR count). The number of nitrogens with one attached hydrogen (secondary N) is 1. The predicted molar refractivity (Wildman–Crippen MR) is 121 cm³/mol. The number of thioether (sulfide) groups is 1. The summed E-state index contributed by atoms with van der Waals surface area (Å²) in [4.78, 5) is 13.9. The number of thiophene rings is 1. The van der Waals surface area contributed by atoms with Crippen molar-refractivity contribution >= 4 is 44.7 Å². The number of benzene rings is 1.